The van der Waals surface area contributed by atoms with Gasteiger partial charge in [0.1, 0.15) is 5.82 Å². The van der Waals surface area contributed by atoms with Crippen molar-refractivity contribution in [2.45, 2.75) is 19.3 Å². The molecule has 0 aliphatic carbocycles. The summed E-state index contributed by atoms with van der Waals surface area (Å²) in [6, 6.07) is 8.75. The van der Waals surface area contributed by atoms with Gasteiger partial charge in [0.25, 0.3) is 0 Å². The van der Waals surface area contributed by atoms with Gasteiger partial charge in [-0.2, -0.15) is 0 Å². The Morgan fingerprint density at radius 1 is 1.26 bits per heavy atom. The van der Waals surface area contributed by atoms with Crippen molar-refractivity contribution in [1.82, 2.24) is 14.9 Å². The number of aromatic nitrogens is 2. The molecule has 1 heterocycles. The van der Waals surface area contributed by atoms with Crippen LogP contribution in [0.4, 0.5) is 0 Å². The van der Waals surface area contributed by atoms with E-state index in [0.717, 1.165) is 12.2 Å². The summed E-state index contributed by atoms with van der Waals surface area (Å²) >= 11 is 0. The van der Waals surface area contributed by atoms with Gasteiger partial charge in [-0.25, -0.2) is 4.98 Å². The molecule has 0 saturated heterocycles. The standard InChI is InChI=1S/C16H21N3/c1-4-13-5-7-14(8-6-13)15(9-12-19(2)3)16-17-10-11-18-16/h5-12,15H,4H2,1-3H3,(H,17,18)/b12-9+. The van der Waals surface area contributed by atoms with E-state index < -0.39 is 0 Å². The average molecular weight is 255 g/mol. The number of aryl methyl sites for hydroxylation is 1. The van der Waals surface area contributed by atoms with Crippen LogP contribution in [0.5, 0.6) is 0 Å². The third kappa shape index (κ3) is 3.47. The number of benzene rings is 1. The van der Waals surface area contributed by atoms with Gasteiger partial charge in [0.15, 0.2) is 0 Å². The number of hydrogen-bond donors (Lipinski definition) is 1. The lowest BCUT2D eigenvalue weighted by molar-refractivity contribution is 0.559. The topological polar surface area (TPSA) is 31.9 Å². The summed E-state index contributed by atoms with van der Waals surface area (Å²) in [5, 5.41) is 0. The van der Waals surface area contributed by atoms with E-state index in [1.165, 1.54) is 11.1 Å². The van der Waals surface area contributed by atoms with E-state index in [9.17, 15) is 0 Å². The van der Waals surface area contributed by atoms with Crippen molar-refractivity contribution in [3.05, 3.63) is 65.9 Å². The smallest absolute Gasteiger partial charge is 0.117 e. The van der Waals surface area contributed by atoms with E-state index in [2.05, 4.69) is 53.4 Å². The largest absolute Gasteiger partial charge is 0.384 e. The number of imidazole rings is 1. The van der Waals surface area contributed by atoms with E-state index >= 15 is 0 Å². The van der Waals surface area contributed by atoms with Gasteiger partial charge in [-0.15, -0.1) is 0 Å². The van der Waals surface area contributed by atoms with Gasteiger partial charge in [0, 0.05) is 26.5 Å². The molecule has 100 valence electrons. The second-order valence-corrected chi connectivity index (χ2v) is 4.85. The van der Waals surface area contributed by atoms with Gasteiger partial charge in [-0.05, 0) is 23.7 Å². The summed E-state index contributed by atoms with van der Waals surface area (Å²) in [5.74, 6) is 1.14. The molecule has 0 fully saturated rings. The molecule has 0 spiro atoms. The molecule has 0 bridgehead atoms. The highest BCUT2D eigenvalue weighted by atomic mass is 15.0. The van der Waals surface area contributed by atoms with Gasteiger partial charge < -0.3 is 9.88 Å². The third-order valence-electron chi connectivity index (χ3n) is 3.14. The molecule has 0 aliphatic heterocycles. The van der Waals surface area contributed by atoms with E-state index in [0.29, 0.717) is 0 Å². The molecule has 3 nitrogen and oxygen atoms in total. The highest BCUT2D eigenvalue weighted by Crippen LogP contribution is 2.23. The lowest BCUT2D eigenvalue weighted by Gasteiger charge is -2.13. The van der Waals surface area contributed by atoms with Crippen molar-refractivity contribution in [1.29, 1.82) is 0 Å². The number of nitrogens with zero attached hydrogens (tertiary/aromatic N) is 2. The summed E-state index contributed by atoms with van der Waals surface area (Å²) in [5.41, 5.74) is 2.61. The summed E-state index contributed by atoms with van der Waals surface area (Å²) in [7, 11) is 4.05. The first-order valence-corrected chi connectivity index (χ1v) is 6.63. The molecule has 2 rings (SSSR count). The lowest BCUT2D eigenvalue weighted by Crippen LogP contribution is -2.05. The Balaban J connectivity index is 2.31. The van der Waals surface area contributed by atoms with Crippen LogP contribution in [0.25, 0.3) is 0 Å². The zero-order valence-corrected chi connectivity index (χ0v) is 11.8. The average Bonchev–Trinajstić information content (AvgIpc) is 2.93. The Morgan fingerprint density at radius 2 is 2.00 bits per heavy atom. The minimum absolute atomic E-state index is 0.170. The van der Waals surface area contributed by atoms with Crippen LogP contribution in [0.2, 0.25) is 0 Å². The summed E-state index contributed by atoms with van der Waals surface area (Å²) in [6.45, 7) is 2.17. The molecule has 19 heavy (non-hydrogen) atoms. The first kappa shape index (κ1) is 13.4. The van der Waals surface area contributed by atoms with Crippen LogP contribution in [0, 0.1) is 0 Å². The quantitative estimate of drug-likeness (QED) is 0.890. The van der Waals surface area contributed by atoms with Crippen molar-refractivity contribution in [2.75, 3.05) is 14.1 Å². The number of nitrogens with one attached hydrogen (secondary N) is 1. The fraction of sp³-hybridized carbons (Fsp3) is 0.312. The van der Waals surface area contributed by atoms with Crippen molar-refractivity contribution in [3.63, 3.8) is 0 Å². The Kier molecular flexibility index (Phi) is 4.39. The van der Waals surface area contributed by atoms with Gasteiger partial charge in [-0.3, -0.25) is 0 Å². The Morgan fingerprint density at radius 3 is 2.53 bits per heavy atom. The van der Waals surface area contributed by atoms with Gasteiger partial charge in [-0.1, -0.05) is 37.3 Å². The molecular formula is C16H21N3. The predicted molar refractivity (Wildman–Crippen MR) is 79.1 cm³/mol. The number of allylic oxidation sites excluding steroid dienone is 1. The van der Waals surface area contributed by atoms with E-state index in [4.69, 9.17) is 0 Å². The molecule has 2 aromatic rings. The van der Waals surface area contributed by atoms with Gasteiger partial charge >= 0.3 is 0 Å². The van der Waals surface area contributed by atoms with Gasteiger partial charge in [0.2, 0.25) is 0 Å². The first-order chi connectivity index (χ1) is 9.20. The van der Waals surface area contributed by atoms with E-state index in [1.54, 1.807) is 6.20 Å². The maximum Gasteiger partial charge on any atom is 0.117 e. The fourth-order valence-corrected chi connectivity index (χ4v) is 2.03. The molecule has 1 N–H and O–H groups in total. The van der Waals surface area contributed by atoms with Crippen LogP contribution >= 0.6 is 0 Å². The summed E-state index contributed by atoms with van der Waals surface area (Å²) in [4.78, 5) is 9.63. The van der Waals surface area contributed by atoms with E-state index in [1.807, 2.05) is 25.2 Å². The number of hydrogen-bond acceptors (Lipinski definition) is 2. The van der Waals surface area contributed by atoms with Crippen LogP contribution < -0.4 is 0 Å². The van der Waals surface area contributed by atoms with Crippen LogP contribution in [0.1, 0.15) is 29.8 Å². The molecule has 0 aliphatic rings. The zero-order valence-electron chi connectivity index (χ0n) is 11.8. The van der Waals surface area contributed by atoms with Crippen molar-refractivity contribution in [2.24, 2.45) is 0 Å². The molecule has 1 unspecified atom stereocenters. The number of H-pyrrole nitrogens is 1. The molecule has 0 radical (unpaired) electrons. The maximum atomic E-state index is 4.39. The Hall–Kier alpha value is -2.03. The molecule has 0 saturated carbocycles. The number of rotatable bonds is 5. The third-order valence-corrected chi connectivity index (χ3v) is 3.14. The molecule has 1 aromatic heterocycles. The maximum absolute atomic E-state index is 4.39. The molecule has 1 aromatic carbocycles. The van der Waals surface area contributed by atoms with Crippen LogP contribution in [-0.4, -0.2) is 29.0 Å². The Labute approximate surface area is 115 Å². The SMILES string of the molecule is CCc1ccc(C(/C=C/N(C)C)c2ncc[nH]2)cc1. The second kappa shape index (κ2) is 6.23. The minimum Gasteiger partial charge on any atom is -0.384 e. The predicted octanol–water partition coefficient (Wildman–Crippen LogP) is 3.18. The van der Waals surface area contributed by atoms with Crippen molar-refractivity contribution < 1.29 is 0 Å². The van der Waals surface area contributed by atoms with Crippen LogP contribution in [0.15, 0.2) is 48.9 Å². The summed E-state index contributed by atoms with van der Waals surface area (Å²) < 4.78 is 0. The lowest BCUT2D eigenvalue weighted by atomic mass is 9.96. The highest BCUT2D eigenvalue weighted by molar-refractivity contribution is 5.33. The molecule has 0 amide bonds. The Bertz CT molecular complexity index is 509. The summed E-state index contributed by atoms with van der Waals surface area (Å²) in [6.07, 6.45) is 8.97. The minimum atomic E-state index is 0.170. The van der Waals surface area contributed by atoms with Crippen LogP contribution in [-0.2, 0) is 6.42 Å². The van der Waals surface area contributed by atoms with Crippen molar-refractivity contribution in [3.8, 4) is 0 Å². The van der Waals surface area contributed by atoms with Gasteiger partial charge in [0.05, 0.1) is 5.92 Å². The molecule has 3 heteroatoms. The molecule has 1 atom stereocenters. The van der Waals surface area contributed by atoms with E-state index in [-0.39, 0.29) is 5.92 Å². The number of aromatic amines is 1. The first-order valence-electron chi connectivity index (χ1n) is 6.63. The van der Waals surface area contributed by atoms with Crippen LogP contribution in [0.3, 0.4) is 0 Å². The van der Waals surface area contributed by atoms with Crippen molar-refractivity contribution >= 4 is 0 Å². The zero-order chi connectivity index (χ0) is 13.7. The molecular weight excluding hydrogens is 234 g/mol. The monoisotopic (exact) mass is 255 g/mol. The second-order valence-electron chi connectivity index (χ2n) is 4.85. The highest BCUT2D eigenvalue weighted by Gasteiger charge is 2.13. The normalized spacial score (nSPS) is 12.8. The fourth-order valence-electron chi connectivity index (χ4n) is 2.03.